The molecule has 5 aromatic heterocycles. The molecule has 0 amide bonds. The lowest BCUT2D eigenvalue weighted by atomic mass is 9.88. The molecule has 0 fully saturated rings. The molecule has 0 aliphatic carbocycles. The van der Waals surface area contributed by atoms with E-state index in [9.17, 15) is 0 Å². The Morgan fingerprint density at radius 3 is 1.22 bits per heavy atom. The lowest BCUT2D eigenvalue weighted by Gasteiger charge is -2.17. The molecule has 3 nitrogen and oxygen atoms in total. The number of unbranched alkanes of at least 4 members (excludes halogenated alkanes) is 24. The zero-order valence-corrected chi connectivity index (χ0v) is 52.1. The Kier molecular flexibility index (Phi) is 28.9. The van der Waals surface area contributed by atoms with E-state index in [1.54, 1.807) is 27.5 Å². The molecule has 0 aliphatic heterocycles. The van der Waals surface area contributed by atoms with Crippen molar-refractivity contribution in [1.29, 1.82) is 0 Å². The third-order valence-electron chi connectivity index (χ3n) is 16.2. The topological polar surface area (TPSA) is 30.7 Å². The summed E-state index contributed by atoms with van der Waals surface area (Å²) in [6, 6.07) is 13.4. The minimum Gasteiger partial charge on any atom is -0.203 e. The van der Waals surface area contributed by atoms with Crippen LogP contribution in [0.4, 0.5) is 8.78 Å². The molecule has 0 bridgehead atoms. The summed E-state index contributed by atoms with van der Waals surface area (Å²) in [5.41, 5.74) is 4.07. The average Bonchev–Trinajstić information content (AvgIpc) is 4.31. The number of nitrogens with zero attached hydrogens (tertiary/aromatic N) is 3. The second-order valence-corrected chi connectivity index (χ2v) is 27.6. The standard InChI is InChI=1S/C67H101F2N3S4/c1-8-13-17-21-25-27-31-35-38-52(37-33-29-23-19-15-10-3)46-54-48-59(74-51(54)7)61-63(68)64(69)62(66-65(61)70-72(71-66)45-12-5)60-49-55(67(76-60)58-44-43-57(75-58)56-42-41-50(6)73-56)47-53(39-34-30-24-20-16-11-4)40-36-32-28-26-22-18-14-9-2/h41-44,48-49,52-53H,8-40,45-47H2,1-7H3. The minimum atomic E-state index is -0.794. The predicted octanol–water partition coefficient (Wildman–Crippen LogP) is 24.5. The largest absolute Gasteiger partial charge is 0.203 e. The molecule has 6 aromatic rings. The van der Waals surface area contributed by atoms with Gasteiger partial charge in [-0.3, -0.25) is 0 Å². The first kappa shape index (κ1) is 62.5. The number of hydrogen-bond donors (Lipinski definition) is 0. The van der Waals surface area contributed by atoms with Gasteiger partial charge >= 0.3 is 0 Å². The molecule has 0 saturated carbocycles. The van der Waals surface area contributed by atoms with E-state index >= 15 is 8.78 Å². The van der Waals surface area contributed by atoms with Gasteiger partial charge in [0.25, 0.3) is 0 Å². The molecular formula is C67H101F2N3S4. The second kappa shape index (κ2) is 35.1. The van der Waals surface area contributed by atoms with Crippen molar-refractivity contribution in [3.05, 3.63) is 68.9 Å². The SMILES string of the molecule is CCCCCCCCCCC(CCCCCCCC)Cc1cc(-c2c(F)c(F)c(-c3cc(CC(CCCCCCCC)CCCCCCCCCC)c(-c4ccc(-c5ccc(C)s5)s4)s3)c3nn(CCC)nc23)sc1C. The van der Waals surface area contributed by atoms with Crippen LogP contribution in [0, 0.1) is 37.3 Å². The summed E-state index contributed by atoms with van der Waals surface area (Å²) < 4.78 is 35.2. The lowest BCUT2D eigenvalue weighted by Crippen LogP contribution is -2.06. The highest BCUT2D eigenvalue weighted by Gasteiger charge is 2.30. The molecule has 422 valence electrons. The van der Waals surface area contributed by atoms with Gasteiger partial charge in [-0.2, -0.15) is 15.0 Å². The summed E-state index contributed by atoms with van der Waals surface area (Å²) in [6.07, 6.45) is 44.5. The van der Waals surface area contributed by atoms with Crippen LogP contribution in [0.15, 0.2) is 36.4 Å². The molecule has 6 rings (SSSR count). The Balaban J connectivity index is 1.33. The van der Waals surface area contributed by atoms with Crippen molar-refractivity contribution < 1.29 is 8.78 Å². The molecular weight excluding hydrogens is 1010 g/mol. The van der Waals surface area contributed by atoms with Crippen LogP contribution in [0.2, 0.25) is 0 Å². The molecule has 2 unspecified atom stereocenters. The molecule has 5 heterocycles. The van der Waals surface area contributed by atoms with Crippen molar-refractivity contribution in [2.45, 2.75) is 280 Å². The van der Waals surface area contributed by atoms with Crippen LogP contribution >= 0.6 is 45.3 Å². The molecule has 0 N–H and O–H groups in total. The highest BCUT2D eigenvalue weighted by Crippen LogP contribution is 2.49. The van der Waals surface area contributed by atoms with Gasteiger partial charge in [-0.05, 0) is 92.5 Å². The summed E-state index contributed by atoms with van der Waals surface area (Å²) in [7, 11) is 0. The maximum absolute atomic E-state index is 17.6. The highest BCUT2D eigenvalue weighted by molar-refractivity contribution is 7.27. The number of thiophene rings is 4. The molecule has 0 aliphatic rings. The predicted molar refractivity (Wildman–Crippen MR) is 335 cm³/mol. The van der Waals surface area contributed by atoms with Crippen molar-refractivity contribution >= 4 is 56.4 Å². The fourth-order valence-corrected chi connectivity index (χ4v) is 16.1. The summed E-state index contributed by atoms with van der Waals surface area (Å²) in [5, 5.41) is 10.1. The highest BCUT2D eigenvalue weighted by atomic mass is 32.1. The van der Waals surface area contributed by atoms with Gasteiger partial charge < -0.3 is 0 Å². The molecule has 0 radical (unpaired) electrons. The van der Waals surface area contributed by atoms with E-state index in [0.29, 0.717) is 29.4 Å². The molecule has 1 aromatic carbocycles. The van der Waals surface area contributed by atoms with Crippen molar-refractivity contribution in [3.63, 3.8) is 0 Å². The van der Waals surface area contributed by atoms with Gasteiger partial charge in [0.05, 0.1) is 17.7 Å². The first-order valence-corrected chi connectivity index (χ1v) is 34.6. The normalized spacial score (nSPS) is 12.8. The Bertz CT molecular complexity index is 2520. The maximum atomic E-state index is 17.6. The van der Waals surface area contributed by atoms with Crippen LogP contribution in [-0.4, -0.2) is 15.0 Å². The number of aryl methyl sites for hydroxylation is 3. The molecule has 76 heavy (non-hydrogen) atoms. The lowest BCUT2D eigenvalue weighted by molar-refractivity contribution is 0.400. The number of fused-ring (bicyclic) bond motifs is 1. The quantitative estimate of drug-likeness (QED) is 0.0358. The maximum Gasteiger partial charge on any atom is 0.170 e. The van der Waals surface area contributed by atoms with Gasteiger partial charge in [0, 0.05) is 39.0 Å². The Labute approximate surface area is 477 Å². The number of hydrogen-bond acceptors (Lipinski definition) is 6. The Hall–Kier alpha value is -2.72. The van der Waals surface area contributed by atoms with E-state index in [4.69, 9.17) is 10.2 Å². The van der Waals surface area contributed by atoms with Crippen LogP contribution in [-0.2, 0) is 19.4 Å². The Morgan fingerprint density at radius 2 is 0.789 bits per heavy atom. The van der Waals surface area contributed by atoms with E-state index in [1.165, 1.54) is 246 Å². The molecule has 0 saturated heterocycles. The summed E-state index contributed by atoms with van der Waals surface area (Å²) in [4.78, 5) is 10.7. The number of rotatable bonds is 42. The van der Waals surface area contributed by atoms with Gasteiger partial charge in [0.2, 0.25) is 0 Å². The van der Waals surface area contributed by atoms with E-state index in [1.807, 2.05) is 22.7 Å². The van der Waals surface area contributed by atoms with Crippen LogP contribution in [0.3, 0.4) is 0 Å². The number of halogens is 2. The number of benzene rings is 1. The fraction of sp³-hybridized carbons (Fsp3) is 0.672. The summed E-state index contributed by atoms with van der Waals surface area (Å²) in [6.45, 7) is 16.2. The monoisotopic (exact) mass is 1110 g/mol. The van der Waals surface area contributed by atoms with Gasteiger partial charge in [0.1, 0.15) is 11.0 Å². The fourth-order valence-electron chi connectivity index (χ4n) is 11.7. The van der Waals surface area contributed by atoms with Gasteiger partial charge in [-0.25, -0.2) is 8.78 Å². The zero-order chi connectivity index (χ0) is 53.9. The second-order valence-electron chi connectivity index (χ2n) is 22.9. The van der Waals surface area contributed by atoms with Gasteiger partial charge in [-0.15, -0.1) is 45.3 Å². The van der Waals surface area contributed by atoms with Crippen LogP contribution in [0.25, 0.3) is 51.4 Å². The zero-order valence-electron chi connectivity index (χ0n) is 48.8. The van der Waals surface area contributed by atoms with E-state index in [0.717, 1.165) is 29.0 Å². The first-order valence-electron chi connectivity index (χ1n) is 31.3. The molecule has 2 atom stereocenters. The summed E-state index contributed by atoms with van der Waals surface area (Å²) >= 11 is 6.91. The Morgan fingerprint density at radius 1 is 0.408 bits per heavy atom. The first-order chi connectivity index (χ1) is 37.2. The van der Waals surface area contributed by atoms with Crippen molar-refractivity contribution in [3.8, 4) is 40.4 Å². The smallest absolute Gasteiger partial charge is 0.170 e. The van der Waals surface area contributed by atoms with E-state index < -0.39 is 11.6 Å². The van der Waals surface area contributed by atoms with Crippen LogP contribution < -0.4 is 0 Å². The third-order valence-corrected chi connectivity index (χ3v) is 21.0. The van der Waals surface area contributed by atoms with Gasteiger partial charge in [0.15, 0.2) is 11.6 Å². The molecule has 0 spiro atoms. The van der Waals surface area contributed by atoms with E-state index in [-0.39, 0.29) is 11.1 Å². The van der Waals surface area contributed by atoms with E-state index in [2.05, 4.69) is 84.9 Å². The summed E-state index contributed by atoms with van der Waals surface area (Å²) in [5.74, 6) is -0.441. The van der Waals surface area contributed by atoms with Crippen molar-refractivity contribution in [2.24, 2.45) is 11.8 Å². The van der Waals surface area contributed by atoms with Crippen molar-refractivity contribution in [1.82, 2.24) is 15.0 Å². The van der Waals surface area contributed by atoms with Crippen molar-refractivity contribution in [2.75, 3.05) is 0 Å². The van der Waals surface area contributed by atoms with Gasteiger partial charge in [-0.1, -0.05) is 240 Å². The van der Waals surface area contributed by atoms with Crippen LogP contribution in [0.5, 0.6) is 0 Å². The third kappa shape index (κ3) is 19.5. The molecule has 9 heteroatoms. The van der Waals surface area contributed by atoms with Crippen LogP contribution in [0.1, 0.15) is 267 Å². The minimum absolute atomic E-state index is 0.273. The number of aromatic nitrogens is 3. The average molecular weight is 1110 g/mol.